The minimum absolute atomic E-state index is 0.284. The molecule has 1 rings (SSSR count). The first-order chi connectivity index (χ1) is 6.67. The molecule has 0 radical (unpaired) electrons. The summed E-state index contributed by atoms with van der Waals surface area (Å²) in [6.07, 6.45) is 1.85. The molecule has 0 spiro atoms. The molecule has 0 aliphatic carbocycles. The van der Waals surface area contributed by atoms with E-state index in [2.05, 4.69) is 12.3 Å². The van der Waals surface area contributed by atoms with E-state index in [1.54, 1.807) is 0 Å². The Kier molecular flexibility index (Phi) is 4.69. The molecule has 0 aromatic heterocycles. The van der Waals surface area contributed by atoms with Gasteiger partial charge in [0, 0.05) is 6.04 Å². The molecule has 1 aromatic rings. The van der Waals surface area contributed by atoms with Crippen LogP contribution in [0.15, 0.2) is 18.2 Å². The summed E-state index contributed by atoms with van der Waals surface area (Å²) in [7, 11) is 0. The SMILES string of the molecule is CCC(Cc1ccc(Cl)c(Cl)c1)NN. The second kappa shape index (κ2) is 5.56. The largest absolute Gasteiger partial charge is 0.271 e. The second-order valence-corrected chi connectivity index (χ2v) is 4.04. The highest BCUT2D eigenvalue weighted by atomic mass is 35.5. The molecule has 0 heterocycles. The van der Waals surface area contributed by atoms with E-state index in [1.165, 1.54) is 0 Å². The maximum Gasteiger partial charge on any atom is 0.0595 e. The Morgan fingerprint density at radius 3 is 2.57 bits per heavy atom. The number of hydrogen-bond acceptors (Lipinski definition) is 2. The van der Waals surface area contributed by atoms with Gasteiger partial charge in [-0.25, -0.2) is 0 Å². The normalized spacial score (nSPS) is 12.9. The Hall–Kier alpha value is -0.280. The smallest absolute Gasteiger partial charge is 0.0595 e. The van der Waals surface area contributed by atoms with Gasteiger partial charge in [-0.2, -0.15) is 0 Å². The van der Waals surface area contributed by atoms with Crippen LogP contribution in [0.25, 0.3) is 0 Å². The van der Waals surface area contributed by atoms with E-state index >= 15 is 0 Å². The van der Waals surface area contributed by atoms with Crippen LogP contribution in [-0.2, 0) is 6.42 Å². The predicted octanol–water partition coefficient (Wildman–Crippen LogP) is 2.78. The third kappa shape index (κ3) is 3.14. The maximum absolute atomic E-state index is 5.90. The zero-order valence-electron chi connectivity index (χ0n) is 8.06. The van der Waals surface area contributed by atoms with Crippen molar-refractivity contribution in [1.82, 2.24) is 5.43 Å². The van der Waals surface area contributed by atoms with E-state index < -0.39 is 0 Å². The summed E-state index contributed by atoms with van der Waals surface area (Å²) in [5.74, 6) is 5.39. The van der Waals surface area contributed by atoms with E-state index in [9.17, 15) is 0 Å². The van der Waals surface area contributed by atoms with Crippen LogP contribution in [0.2, 0.25) is 10.0 Å². The molecule has 1 aromatic carbocycles. The van der Waals surface area contributed by atoms with Gasteiger partial charge >= 0.3 is 0 Å². The van der Waals surface area contributed by atoms with Crippen molar-refractivity contribution in [2.45, 2.75) is 25.8 Å². The highest BCUT2D eigenvalue weighted by molar-refractivity contribution is 6.42. The Morgan fingerprint density at radius 1 is 1.36 bits per heavy atom. The molecule has 0 amide bonds. The minimum Gasteiger partial charge on any atom is -0.271 e. The van der Waals surface area contributed by atoms with Crippen LogP contribution in [0.5, 0.6) is 0 Å². The summed E-state index contributed by atoms with van der Waals surface area (Å²) in [4.78, 5) is 0. The molecule has 78 valence electrons. The van der Waals surface area contributed by atoms with Crippen LogP contribution in [0, 0.1) is 0 Å². The molecule has 14 heavy (non-hydrogen) atoms. The zero-order chi connectivity index (χ0) is 10.6. The minimum atomic E-state index is 0.284. The third-order valence-corrected chi connectivity index (χ3v) is 2.93. The lowest BCUT2D eigenvalue weighted by Crippen LogP contribution is -2.36. The summed E-state index contributed by atoms with van der Waals surface area (Å²) in [5, 5.41) is 1.18. The van der Waals surface area contributed by atoms with Gasteiger partial charge in [0.2, 0.25) is 0 Å². The molecule has 1 unspecified atom stereocenters. The van der Waals surface area contributed by atoms with Crippen LogP contribution in [-0.4, -0.2) is 6.04 Å². The van der Waals surface area contributed by atoms with E-state index in [4.69, 9.17) is 29.0 Å². The topological polar surface area (TPSA) is 38.0 Å². The van der Waals surface area contributed by atoms with Gasteiger partial charge in [0.05, 0.1) is 10.0 Å². The Bertz CT molecular complexity index is 298. The lowest BCUT2D eigenvalue weighted by atomic mass is 10.0. The highest BCUT2D eigenvalue weighted by Gasteiger charge is 2.06. The van der Waals surface area contributed by atoms with Gasteiger partial charge in [-0.15, -0.1) is 0 Å². The molecule has 3 N–H and O–H groups in total. The number of rotatable bonds is 4. The predicted molar refractivity (Wildman–Crippen MR) is 61.6 cm³/mol. The monoisotopic (exact) mass is 232 g/mol. The number of nitrogens with two attached hydrogens (primary N) is 1. The van der Waals surface area contributed by atoms with E-state index in [1.807, 2.05) is 18.2 Å². The molecule has 0 fully saturated rings. The van der Waals surface area contributed by atoms with Gasteiger partial charge in [-0.05, 0) is 30.5 Å². The molecule has 2 nitrogen and oxygen atoms in total. The van der Waals surface area contributed by atoms with Crippen molar-refractivity contribution in [3.63, 3.8) is 0 Å². The number of hydrazine groups is 1. The third-order valence-electron chi connectivity index (χ3n) is 2.19. The van der Waals surface area contributed by atoms with Crippen molar-refractivity contribution in [1.29, 1.82) is 0 Å². The summed E-state index contributed by atoms with van der Waals surface area (Å²) >= 11 is 11.7. The Labute approximate surface area is 94.4 Å². The van der Waals surface area contributed by atoms with E-state index in [-0.39, 0.29) is 6.04 Å². The lowest BCUT2D eigenvalue weighted by Gasteiger charge is -2.13. The number of benzene rings is 1. The number of nitrogens with one attached hydrogen (secondary N) is 1. The van der Waals surface area contributed by atoms with Crippen molar-refractivity contribution in [3.8, 4) is 0 Å². The average Bonchev–Trinajstić information content (AvgIpc) is 2.19. The quantitative estimate of drug-likeness (QED) is 0.619. The summed E-state index contributed by atoms with van der Waals surface area (Å²) in [6.45, 7) is 2.09. The van der Waals surface area contributed by atoms with Crippen LogP contribution < -0.4 is 11.3 Å². The molecule has 1 atom stereocenters. The van der Waals surface area contributed by atoms with Gasteiger partial charge in [0.1, 0.15) is 0 Å². The number of halogens is 2. The number of hydrogen-bond donors (Lipinski definition) is 2. The summed E-state index contributed by atoms with van der Waals surface area (Å²) < 4.78 is 0. The van der Waals surface area contributed by atoms with Gasteiger partial charge in [-0.3, -0.25) is 11.3 Å². The van der Waals surface area contributed by atoms with Crippen LogP contribution in [0.1, 0.15) is 18.9 Å². The molecular formula is C10H14Cl2N2. The molecule has 0 bridgehead atoms. The van der Waals surface area contributed by atoms with Crippen molar-refractivity contribution >= 4 is 23.2 Å². The van der Waals surface area contributed by atoms with E-state index in [0.29, 0.717) is 10.0 Å². The van der Waals surface area contributed by atoms with Crippen LogP contribution in [0.4, 0.5) is 0 Å². The first-order valence-electron chi connectivity index (χ1n) is 4.57. The first kappa shape index (κ1) is 11.8. The lowest BCUT2D eigenvalue weighted by molar-refractivity contribution is 0.511. The highest BCUT2D eigenvalue weighted by Crippen LogP contribution is 2.23. The summed E-state index contributed by atoms with van der Waals surface area (Å²) in [6, 6.07) is 5.94. The van der Waals surface area contributed by atoms with Crippen molar-refractivity contribution in [2.24, 2.45) is 5.84 Å². The van der Waals surface area contributed by atoms with Crippen LogP contribution in [0.3, 0.4) is 0 Å². The van der Waals surface area contributed by atoms with Crippen molar-refractivity contribution < 1.29 is 0 Å². The van der Waals surface area contributed by atoms with Crippen molar-refractivity contribution in [3.05, 3.63) is 33.8 Å². The standard InChI is InChI=1S/C10H14Cl2N2/c1-2-8(14-13)5-7-3-4-9(11)10(12)6-7/h3-4,6,8,14H,2,5,13H2,1H3. The Balaban J connectivity index is 2.72. The first-order valence-corrected chi connectivity index (χ1v) is 5.33. The van der Waals surface area contributed by atoms with E-state index in [0.717, 1.165) is 18.4 Å². The average molecular weight is 233 g/mol. The van der Waals surface area contributed by atoms with Gasteiger partial charge in [-0.1, -0.05) is 36.2 Å². The molecular weight excluding hydrogens is 219 g/mol. The Morgan fingerprint density at radius 2 is 2.07 bits per heavy atom. The molecule has 0 saturated carbocycles. The fraction of sp³-hybridized carbons (Fsp3) is 0.400. The second-order valence-electron chi connectivity index (χ2n) is 3.22. The molecule has 0 saturated heterocycles. The molecule has 0 aliphatic rings. The van der Waals surface area contributed by atoms with Gasteiger partial charge in [0.15, 0.2) is 0 Å². The van der Waals surface area contributed by atoms with Gasteiger partial charge in [0.25, 0.3) is 0 Å². The zero-order valence-corrected chi connectivity index (χ0v) is 9.57. The maximum atomic E-state index is 5.90. The fourth-order valence-corrected chi connectivity index (χ4v) is 1.59. The fourth-order valence-electron chi connectivity index (χ4n) is 1.27. The van der Waals surface area contributed by atoms with Gasteiger partial charge < -0.3 is 0 Å². The van der Waals surface area contributed by atoms with Crippen molar-refractivity contribution in [2.75, 3.05) is 0 Å². The molecule has 4 heteroatoms. The summed E-state index contributed by atoms with van der Waals surface area (Å²) in [5.41, 5.74) is 3.90. The van der Waals surface area contributed by atoms with Crippen LogP contribution >= 0.6 is 23.2 Å². The molecule has 0 aliphatic heterocycles.